The predicted octanol–water partition coefficient (Wildman–Crippen LogP) is 4.55. The number of H-pyrrole nitrogens is 1. The van der Waals surface area contributed by atoms with Gasteiger partial charge in [0, 0.05) is 48.6 Å². The van der Waals surface area contributed by atoms with Crippen molar-refractivity contribution in [2.75, 3.05) is 26.0 Å². The maximum absolute atomic E-state index is 11.9. The van der Waals surface area contributed by atoms with E-state index in [1.807, 2.05) is 25.1 Å². The van der Waals surface area contributed by atoms with Gasteiger partial charge < -0.3 is 19.2 Å². The lowest BCUT2D eigenvalue weighted by Crippen LogP contribution is -2.25. The van der Waals surface area contributed by atoms with E-state index in [0.29, 0.717) is 49.8 Å². The van der Waals surface area contributed by atoms with Gasteiger partial charge in [-0.25, -0.2) is 13.4 Å². The zero-order chi connectivity index (χ0) is 26.0. The molecule has 0 amide bonds. The molecular formula is C26H29N3O6S2. The molecule has 1 fully saturated rings. The quantitative estimate of drug-likeness (QED) is 0.417. The molecule has 3 aromatic rings. The Morgan fingerprint density at radius 1 is 1.19 bits per heavy atom. The molecule has 11 heteroatoms. The molecule has 4 heterocycles. The van der Waals surface area contributed by atoms with Crippen molar-refractivity contribution >= 4 is 43.3 Å². The lowest BCUT2D eigenvalue weighted by molar-refractivity contribution is -0.118. The number of fused-ring (bicyclic) bond motifs is 1. The number of aliphatic imine (C=N–C) groups is 1. The first-order valence-electron chi connectivity index (χ1n) is 12.3. The van der Waals surface area contributed by atoms with E-state index in [0.717, 1.165) is 40.7 Å². The molecule has 0 bridgehead atoms. The van der Waals surface area contributed by atoms with E-state index >= 15 is 0 Å². The van der Waals surface area contributed by atoms with Gasteiger partial charge in [-0.15, -0.1) is 0 Å². The van der Waals surface area contributed by atoms with Crippen LogP contribution in [0.3, 0.4) is 0 Å². The third kappa shape index (κ3) is 6.16. The summed E-state index contributed by atoms with van der Waals surface area (Å²) < 4.78 is 41.4. The van der Waals surface area contributed by atoms with Gasteiger partial charge in [0.15, 0.2) is 14.9 Å². The second-order valence-corrected chi connectivity index (χ2v) is 12.4. The number of thioether (sulfide) groups is 1. The Kier molecular flexibility index (Phi) is 7.55. The molecule has 1 unspecified atom stereocenters. The number of nitrogens with one attached hydrogen (secondary N) is 1. The molecule has 196 valence electrons. The molecule has 37 heavy (non-hydrogen) atoms. The number of aromatic amines is 1. The van der Waals surface area contributed by atoms with Crippen LogP contribution < -0.4 is 9.47 Å². The number of ether oxygens (including phenoxy) is 3. The highest BCUT2D eigenvalue weighted by molar-refractivity contribution is 8.15. The number of hydrogen-bond acceptors (Lipinski definition) is 9. The molecule has 1 atom stereocenters. The van der Waals surface area contributed by atoms with Crippen molar-refractivity contribution in [1.82, 2.24) is 9.97 Å². The fraction of sp³-hybridized carbons (Fsp3) is 0.423. The van der Waals surface area contributed by atoms with E-state index in [1.165, 1.54) is 12.3 Å². The molecule has 0 spiro atoms. The fourth-order valence-corrected chi connectivity index (χ4v) is 5.96. The minimum absolute atomic E-state index is 0.0112. The van der Waals surface area contributed by atoms with Gasteiger partial charge >= 0.3 is 0 Å². The largest absolute Gasteiger partial charge is 0.488 e. The van der Waals surface area contributed by atoms with Gasteiger partial charge in [-0.3, -0.25) is 9.79 Å². The predicted molar refractivity (Wildman–Crippen MR) is 143 cm³/mol. The summed E-state index contributed by atoms with van der Waals surface area (Å²) in [5, 5.41) is 1.92. The lowest BCUT2D eigenvalue weighted by Gasteiger charge is -2.24. The minimum Gasteiger partial charge on any atom is -0.488 e. The number of ketones is 1. The molecule has 1 aromatic carbocycles. The van der Waals surface area contributed by atoms with Crippen LogP contribution in [0, 0.1) is 0 Å². The van der Waals surface area contributed by atoms with Gasteiger partial charge in [0.05, 0.1) is 37.2 Å². The van der Waals surface area contributed by atoms with Crippen LogP contribution in [0.2, 0.25) is 0 Å². The zero-order valence-electron chi connectivity index (χ0n) is 20.7. The average molecular weight is 544 g/mol. The van der Waals surface area contributed by atoms with E-state index < -0.39 is 9.84 Å². The summed E-state index contributed by atoms with van der Waals surface area (Å²) in [5.74, 6) is 1.87. The van der Waals surface area contributed by atoms with Gasteiger partial charge in [-0.1, -0.05) is 18.7 Å². The Hall–Kier alpha value is -2.89. The van der Waals surface area contributed by atoms with Crippen molar-refractivity contribution < 1.29 is 27.4 Å². The molecule has 2 aliphatic rings. The number of carbonyl (C=O) groups is 1. The SMILES string of the molecule is CCC(=O)CC1CN=C(c2cc3cc(Oc4ccc(S(C)(=O)=O)nc4)cc(OC4CCOCC4)c3[nH]2)S1. The number of Topliss-reactive ketones (excluding diaryl/α,β-unsaturated/α-hetero) is 1. The summed E-state index contributed by atoms with van der Waals surface area (Å²) in [4.78, 5) is 24.1. The first-order chi connectivity index (χ1) is 17.8. The second kappa shape index (κ2) is 10.8. The first-order valence-corrected chi connectivity index (χ1v) is 15.0. The number of rotatable bonds is 9. The summed E-state index contributed by atoms with van der Waals surface area (Å²) in [7, 11) is -3.40. The van der Waals surface area contributed by atoms with Crippen LogP contribution in [0.15, 0.2) is 46.5 Å². The van der Waals surface area contributed by atoms with E-state index in [1.54, 1.807) is 17.8 Å². The molecule has 5 rings (SSSR count). The smallest absolute Gasteiger partial charge is 0.192 e. The number of sulfone groups is 1. The molecule has 2 aromatic heterocycles. The van der Waals surface area contributed by atoms with Crippen molar-refractivity contribution in [2.24, 2.45) is 4.99 Å². The molecule has 0 aliphatic carbocycles. The topological polar surface area (TPSA) is 120 Å². The Morgan fingerprint density at radius 2 is 2.00 bits per heavy atom. The maximum Gasteiger partial charge on any atom is 0.192 e. The molecular weight excluding hydrogens is 514 g/mol. The molecule has 0 radical (unpaired) electrons. The summed E-state index contributed by atoms with van der Waals surface area (Å²) in [6.45, 7) is 3.82. The number of pyridine rings is 1. The van der Waals surface area contributed by atoms with E-state index in [-0.39, 0.29) is 22.2 Å². The van der Waals surface area contributed by atoms with Crippen molar-refractivity contribution in [2.45, 2.75) is 49.0 Å². The van der Waals surface area contributed by atoms with E-state index in [2.05, 4.69) is 15.0 Å². The number of hydrogen-bond donors (Lipinski definition) is 1. The van der Waals surface area contributed by atoms with Gasteiger partial charge in [0.25, 0.3) is 0 Å². The van der Waals surface area contributed by atoms with Gasteiger partial charge in [-0.2, -0.15) is 0 Å². The van der Waals surface area contributed by atoms with Crippen LogP contribution in [0.25, 0.3) is 10.9 Å². The van der Waals surface area contributed by atoms with Crippen molar-refractivity contribution in [1.29, 1.82) is 0 Å². The maximum atomic E-state index is 11.9. The molecule has 0 saturated carbocycles. The minimum atomic E-state index is -3.40. The van der Waals surface area contributed by atoms with Crippen LogP contribution in [0.5, 0.6) is 17.2 Å². The van der Waals surface area contributed by atoms with Crippen LogP contribution >= 0.6 is 11.8 Å². The molecule has 9 nitrogen and oxygen atoms in total. The Bertz CT molecular complexity index is 1430. The monoisotopic (exact) mass is 543 g/mol. The first kappa shape index (κ1) is 25.7. The fourth-order valence-electron chi connectivity index (χ4n) is 4.28. The Labute approximate surface area is 219 Å². The highest BCUT2D eigenvalue weighted by Gasteiger charge is 2.25. The normalized spacial score (nSPS) is 18.6. The van der Waals surface area contributed by atoms with Crippen LogP contribution in [-0.4, -0.2) is 66.6 Å². The Morgan fingerprint density at radius 3 is 2.70 bits per heavy atom. The Balaban J connectivity index is 1.43. The molecule has 1 N–H and O–H groups in total. The highest BCUT2D eigenvalue weighted by atomic mass is 32.2. The lowest BCUT2D eigenvalue weighted by atomic mass is 10.1. The van der Waals surface area contributed by atoms with Gasteiger partial charge in [0.1, 0.15) is 34.2 Å². The highest BCUT2D eigenvalue weighted by Crippen LogP contribution is 2.37. The van der Waals surface area contributed by atoms with Gasteiger partial charge in [-0.05, 0) is 24.3 Å². The number of aromatic nitrogens is 2. The second-order valence-electron chi connectivity index (χ2n) is 9.19. The van der Waals surface area contributed by atoms with Crippen molar-refractivity contribution in [3.63, 3.8) is 0 Å². The number of benzene rings is 1. The zero-order valence-corrected chi connectivity index (χ0v) is 22.4. The summed E-state index contributed by atoms with van der Waals surface area (Å²) >= 11 is 1.63. The van der Waals surface area contributed by atoms with Crippen molar-refractivity contribution in [3.05, 3.63) is 42.2 Å². The van der Waals surface area contributed by atoms with Crippen LogP contribution in [0.1, 0.15) is 38.3 Å². The van der Waals surface area contributed by atoms with E-state index in [9.17, 15) is 13.2 Å². The standard InChI is InChI=1S/C26H29N3O6S2/c1-3-17(30)12-21-15-28-26(36-21)22-11-16-10-20(34-19-4-5-24(27-14-19)37(2,31)32)13-23(25(16)29-22)35-18-6-8-33-9-7-18/h4-5,10-11,13-14,18,21,29H,3,6-9,12,15H2,1-2H3. The van der Waals surface area contributed by atoms with Crippen molar-refractivity contribution in [3.8, 4) is 17.2 Å². The van der Waals surface area contributed by atoms with Gasteiger partial charge in [0.2, 0.25) is 0 Å². The number of carbonyl (C=O) groups excluding carboxylic acids is 1. The molecule has 1 saturated heterocycles. The van der Waals surface area contributed by atoms with E-state index in [4.69, 9.17) is 14.2 Å². The van der Waals surface area contributed by atoms with Crippen LogP contribution in [-0.2, 0) is 19.4 Å². The van der Waals surface area contributed by atoms with Crippen LogP contribution in [0.4, 0.5) is 0 Å². The third-order valence-electron chi connectivity index (χ3n) is 6.25. The third-order valence-corrected chi connectivity index (χ3v) is 8.47. The number of nitrogens with zero attached hydrogens (tertiary/aromatic N) is 2. The summed E-state index contributed by atoms with van der Waals surface area (Å²) in [5.41, 5.74) is 1.72. The molecule has 2 aliphatic heterocycles. The summed E-state index contributed by atoms with van der Waals surface area (Å²) in [6, 6.07) is 8.74. The summed E-state index contributed by atoms with van der Waals surface area (Å²) in [6.07, 6.45) is 5.20. The average Bonchev–Trinajstić information content (AvgIpc) is 3.51.